The molecule has 1 heterocycles. The monoisotopic (exact) mass is 389 g/mol. The lowest BCUT2D eigenvalue weighted by atomic mass is 9.84. The van der Waals surface area contributed by atoms with Gasteiger partial charge < -0.3 is 19.9 Å². The van der Waals surface area contributed by atoms with Crippen molar-refractivity contribution in [1.29, 1.82) is 0 Å². The first-order valence-electron chi connectivity index (χ1n) is 9.35. The Labute approximate surface area is 164 Å². The number of hydrogen-bond acceptors (Lipinski definition) is 5. The number of thiophene rings is 1. The first kappa shape index (κ1) is 19.7. The zero-order valence-electron chi connectivity index (χ0n) is 15.9. The quantitative estimate of drug-likeness (QED) is 0.720. The van der Waals surface area contributed by atoms with Gasteiger partial charge in [0.25, 0.3) is 5.91 Å². The lowest BCUT2D eigenvalue weighted by molar-refractivity contribution is -0.123. The van der Waals surface area contributed by atoms with E-state index in [9.17, 15) is 9.90 Å². The Morgan fingerprint density at radius 3 is 2.56 bits per heavy atom. The summed E-state index contributed by atoms with van der Waals surface area (Å²) in [4.78, 5) is 14.6. The summed E-state index contributed by atoms with van der Waals surface area (Å²) in [5.41, 5.74) is -0.0299. The van der Waals surface area contributed by atoms with Gasteiger partial charge in [0, 0.05) is 21.7 Å². The molecule has 0 bridgehead atoms. The van der Waals surface area contributed by atoms with Gasteiger partial charge >= 0.3 is 0 Å². The van der Waals surface area contributed by atoms with E-state index in [0.717, 1.165) is 30.6 Å². The molecule has 1 aliphatic carbocycles. The molecule has 5 nitrogen and oxygen atoms in total. The third-order valence-corrected chi connectivity index (χ3v) is 6.68. The van der Waals surface area contributed by atoms with E-state index in [1.54, 1.807) is 37.5 Å². The van der Waals surface area contributed by atoms with Gasteiger partial charge in [-0.25, -0.2) is 0 Å². The molecule has 1 saturated carbocycles. The lowest BCUT2D eigenvalue weighted by Crippen LogP contribution is -2.40. The van der Waals surface area contributed by atoms with E-state index >= 15 is 0 Å². The number of benzene rings is 1. The standard InChI is InChI=1S/C21H27NO4S/c1-15(23)18-9-10-19(27-18)21(11-5-6-12-21)14-22-20(24)13-26-17-8-4-3-7-16(17)25-2/h3-4,7-10,15,23H,5-6,11-14H2,1-2H3,(H,22,24)/t15-/m1/s1. The Kier molecular flexibility index (Phi) is 6.39. The summed E-state index contributed by atoms with van der Waals surface area (Å²) in [5, 5.41) is 12.9. The molecule has 0 radical (unpaired) electrons. The van der Waals surface area contributed by atoms with Gasteiger partial charge in [0.15, 0.2) is 18.1 Å². The molecule has 6 heteroatoms. The average Bonchev–Trinajstić information content (AvgIpc) is 3.35. The summed E-state index contributed by atoms with van der Waals surface area (Å²) in [6.45, 7) is 2.34. The van der Waals surface area contributed by atoms with Gasteiger partial charge in [-0.15, -0.1) is 11.3 Å². The van der Waals surface area contributed by atoms with Crippen LogP contribution in [0.5, 0.6) is 11.5 Å². The normalized spacial score (nSPS) is 16.7. The zero-order chi connectivity index (χ0) is 19.3. The fraction of sp³-hybridized carbons (Fsp3) is 0.476. The Morgan fingerprint density at radius 2 is 1.93 bits per heavy atom. The predicted molar refractivity (Wildman–Crippen MR) is 107 cm³/mol. The smallest absolute Gasteiger partial charge is 0.257 e. The number of carbonyl (C=O) groups is 1. The van der Waals surface area contributed by atoms with Crippen LogP contribution in [0.4, 0.5) is 0 Å². The van der Waals surface area contributed by atoms with Crippen molar-refractivity contribution in [3.05, 3.63) is 46.2 Å². The minimum atomic E-state index is -0.453. The van der Waals surface area contributed by atoms with Crippen LogP contribution in [0.15, 0.2) is 36.4 Å². The SMILES string of the molecule is COc1ccccc1OCC(=O)NCC1(c2ccc([C@@H](C)O)s2)CCCC1. The molecule has 2 aromatic rings. The number of amides is 1. The zero-order valence-corrected chi connectivity index (χ0v) is 16.7. The molecule has 1 fully saturated rings. The third kappa shape index (κ3) is 4.62. The van der Waals surface area contributed by atoms with Gasteiger partial charge in [-0.1, -0.05) is 25.0 Å². The number of carbonyl (C=O) groups excluding carboxylic acids is 1. The first-order valence-corrected chi connectivity index (χ1v) is 10.2. The van der Waals surface area contributed by atoms with Crippen molar-refractivity contribution in [2.75, 3.05) is 20.3 Å². The van der Waals surface area contributed by atoms with Crippen molar-refractivity contribution in [2.24, 2.45) is 0 Å². The topological polar surface area (TPSA) is 67.8 Å². The van der Waals surface area contributed by atoms with E-state index in [2.05, 4.69) is 11.4 Å². The number of aliphatic hydroxyl groups excluding tert-OH is 1. The summed E-state index contributed by atoms with van der Waals surface area (Å²) in [6.07, 6.45) is 3.98. The number of ether oxygens (including phenoxy) is 2. The number of aliphatic hydroxyl groups is 1. The summed E-state index contributed by atoms with van der Waals surface area (Å²) in [6, 6.07) is 11.4. The van der Waals surface area contributed by atoms with Crippen LogP contribution in [0, 0.1) is 0 Å². The molecule has 146 valence electrons. The minimum Gasteiger partial charge on any atom is -0.493 e. The number of methoxy groups -OCH3 is 1. The fourth-order valence-corrected chi connectivity index (χ4v) is 4.81. The van der Waals surface area contributed by atoms with Crippen LogP contribution in [0.1, 0.15) is 48.5 Å². The van der Waals surface area contributed by atoms with Gasteiger partial charge in [-0.3, -0.25) is 4.79 Å². The molecule has 1 amide bonds. The number of nitrogens with one attached hydrogen (secondary N) is 1. The molecule has 0 spiro atoms. The number of rotatable bonds is 8. The van der Waals surface area contributed by atoms with Gasteiger partial charge in [0.1, 0.15) is 0 Å². The maximum atomic E-state index is 12.3. The largest absolute Gasteiger partial charge is 0.493 e. The van der Waals surface area contributed by atoms with Gasteiger partial charge in [-0.2, -0.15) is 0 Å². The Bertz CT molecular complexity index is 765. The van der Waals surface area contributed by atoms with E-state index in [1.807, 2.05) is 18.2 Å². The molecule has 3 rings (SSSR count). The minimum absolute atomic E-state index is 0.0299. The maximum Gasteiger partial charge on any atom is 0.257 e. The second-order valence-corrected chi connectivity index (χ2v) is 8.20. The van der Waals surface area contributed by atoms with E-state index in [1.165, 1.54) is 4.88 Å². The van der Waals surface area contributed by atoms with Crippen molar-refractivity contribution in [3.8, 4) is 11.5 Å². The summed E-state index contributed by atoms with van der Waals surface area (Å²) < 4.78 is 10.9. The predicted octanol–water partition coefficient (Wildman–Crippen LogP) is 3.82. The van der Waals surface area contributed by atoms with E-state index in [4.69, 9.17) is 9.47 Å². The van der Waals surface area contributed by atoms with E-state index in [0.29, 0.717) is 18.0 Å². The molecule has 0 unspecified atom stereocenters. The van der Waals surface area contributed by atoms with Crippen LogP contribution in [0.3, 0.4) is 0 Å². The van der Waals surface area contributed by atoms with E-state index in [-0.39, 0.29) is 17.9 Å². The highest BCUT2D eigenvalue weighted by molar-refractivity contribution is 7.12. The summed E-state index contributed by atoms with van der Waals surface area (Å²) in [5.74, 6) is 1.03. The second kappa shape index (κ2) is 8.76. The van der Waals surface area contributed by atoms with Crippen LogP contribution in [0.2, 0.25) is 0 Å². The number of para-hydroxylation sites is 2. The highest BCUT2D eigenvalue weighted by atomic mass is 32.1. The van der Waals surface area contributed by atoms with Crippen molar-refractivity contribution in [2.45, 2.75) is 44.1 Å². The van der Waals surface area contributed by atoms with Crippen molar-refractivity contribution in [3.63, 3.8) is 0 Å². The summed E-state index contributed by atoms with van der Waals surface area (Å²) >= 11 is 1.65. The molecule has 27 heavy (non-hydrogen) atoms. The molecule has 1 atom stereocenters. The molecule has 1 aromatic heterocycles. The highest BCUT2D eigenvalue weighted by Crippen LogP contribution is 2.44. The van der Waals surface area contributed by atoms with Crippen molar-refractivity contribution in [1.82, 2.24) is 5.32 Å². The fourth-order valence-electron chi connectivity index (χ4n) is 3.62. The first-order chi connectivity index (χ1) is 13.0. The van der Waals surface area contributed by atoms with Crippen LogP contribution in [0.25, 0.3) is 0 Å². The van der Waals surface area contributed by atoms with Crippen molar-refractivity contribution < 1.29 is 19.4 Å². The van der Waals surface area contributed by atoms with Gasteiger partial charge in [-0.05, 0) is 44.0 Å². The molecule has 0 aliphatic heterocycles. The van der Waals surface area contributed by atoms with E-state index < -0.39 is 6.10 Å². The molecule has 1 aromatic carbocycles. The highest BCUT2D eigenvalue weighted by Gasteiger charge is 2.37. The van der Waals surface area contributed by atoms with Gasteiger partial charge in [0.05, 0.1) is 13.2 Å². The molecule has 0 saturated heterocycles. The molecular formula is C21H27NO4S. The lowest BCUT2D eigenvalue weighted by Gasteiger charge is -2.28. The Hall–Kier alpha value is -2.05. The Balaban J connectivity index is 1.60. The maximum absolute atomic E-state index is 12.3. The molecule has 2 N–H and O–H groups in total. The average molecular weight is 390 g/mol. The molecule has 1 aliphatic rings. The second-order valence-electron chi connectivity index (χ2n) is 7.08. The summed E-state index contributed by atoms with van der Waals surface area (Å²) in [7, 11) is 1.58. The molecular weight excluding hydrogens is 362 g/mol. The van der Waals surface area contributed by atoms with Crippen LogP contribution >= 0.6 is 11.3 Å². The number of hydrogen-bond donors (Lipinski definition) is 2. The Morgan fingerprint density at radius 1 is 1.22 bits per heavy atom. The third-order valence-electron chi connectivity index (χ3n) is 5.17. The van der Waals surface area contributed by atoms with Crippen LogP contribution in [-0.4, -0.2) is 31.3 Å². The van der Waals surface area contributed by atoms with Crippen LogP contribution < -0.4 is 14.8 Å². The van der Waals surface area contributed by atoms with Crippen LogP contribution in [-0.2, 0) is 10.2 Å². The van der Waals surface area contributed by atoms with Gasteiger partial charge in [0.2, 0.25) is 0 Å². The van der Waals surface area contributed by atoms with Crippen molar-refractivity contribution >= 4 is 17.2 Å².